The maximum Gasteiger partial charge on any atom is 0.0294 e. The molecular weight excluding hydrogens is 254 g/mol. The van der Waals surface area contributed by atoms with Gasteiger partial charge in [-0.15, -0.1) is 0 Å². The lowest BCUT2D eigenvalue weighted by Gasteiger charge is -2.16. The van der Waals surface area contributed by atoms with Crippen LogP contribution in [0.25, 0.3) is 0 Å². The van der Waals surface area contributed by atoms with Crippen molar-refractivity contribution in [3.63, 3.8) is 0 Å². The molecule has 1 unspecified atom stereocenters. The van der Waals surface area contributed by atoms with Crippen molar-refractivity contribution in [1.82, 2.24) is 5.32 Å². The number of hydrogen-bond acceptors (Lipinski definition) is 1. The van der Waals surface area contributed by atoms with Crippen LogP contribution in [0.1, 0.15) is 55.5 Å². The zero-order chi connectivity index (χ0) is 15.1. The Hall–Kier alpha value is -1.60. The fourth-order valence-electron chi connectivity index (χ4n) is 2.72. The van der Waals surface area contributed by atoms with Crippen molar-refractivity contribution in [2.24, 2.45) is 0 Å². The van der Waals surface area contributed by atoms with E-state index in [0.717, 1.165) is 13.0 Å². The molecule has 0 aliphatic carbocycles. The van der Waals surface area contributed by atoms with E-state index in [9.17, 15) is 0 Å². The van der Waals surface area contributed by atoms with Crippen molar-refractivity contribution >= 4 is 0 Å². The highest BCUT2D eigenvalue weighted by Gasteiger charge is 2.06. The highest BCUT2D eigenvalue weighted by Crippen LogP contribution is 2.16. The smallest absolute Gasteiger partial charge is 0.0294 e. The Balaban J connectivity index is 1.96. The van der Waals surface area contributed by atoms with Crippen molar-refractivity contribution in [3.8, 4) is 0 Å². The van der Waals surface area contributed by atoms with E-state index in [2.05, 4.69) is 74.6 Å². The molecule has 0 heterocycles. The van der Waals surface area contributed by atoms with Gasteiger partial charge in [-0.05, 0) is 42.0 Å². The molecule has 1 nitrogen and oxygen atoms in total. The quantitative estimate of drug-likeness (QED) is 0.748. The summed E-state index contributed by atoms with van der Waals surface area (Å²) in [6, 6.07) is 18.1. The molecule has 0 saturated carbocycles. The lowest BCUT2D eigenvalue weighted by molar-refractivity contribution is 0.572. The molecule has 1 heteroatoms. The minimum atomic E-state index is 0.380. The van der Waals surface area contributed by atoms with Crippen LogP contribution in [0.4, 0.5) is 0 Å². The van der Waals surface area contributed by atoms with E-state index in [1.165, 1.54) is 35.1 Å². The van der Waals surface area contributed by atoms with Crippen LogP contribution in [0.2, 0.25) is 0 Å². The monoisotopic (exact) mass is 281 g/mol. The SMILES string of the molecule is CCCc1ccc(C(C)NCc2ccccc2CC)cc1. The van der Waals surface area contributed by atoms with E-state index in [0.29, 0.717) is 6.04 Å². The summed E-state index contributed by atoms with van der Waals surface area (Å²) in [4.78, 5) is 0. The minimum Gasteiger partial charge on any atom is -0.306 e. The molecule has 2 aromatic carbocycles. The maximum absolute atomic E-state index is 3.64. The molecular formula is C20H27N. The van der Waals surface area contributed by atoms with E-state index in [4.69, 9.17) is 0 Å². The van der Waals surface area contributed by atoms with Gasteiger partial charge in [0.2, 0.25) is 0 Å². The number of aryl methyl sites for hydroxylation is 2. The molecule has 0 bridgehead atoms. The highest BCUT2D eigenvalue weighted by atomic mass is 14.9. The van der Waals surface area contributed by atoms with Gasteiger partial charge < -0.3 is 5.32 Å². The third-order valence-electron chi connectivity index (χ3n) is 4.12. The molecule has 2 rings (SSSR count). The summed E-state index contributed by atoms with van der Waals surface area (Å²) in [5.74, 6) is 0. The predicted octanol–water partition coefficient (Wildman–Crippen LogP) is 5.05. The predicted molar refractivity (Wildman–Crippen MR) is 91.5 cm³/mol. The van der Waals surface area contributed by atoms with E-state index in [1.807, 2.05) is 0 Å². The van der Waals surface area contributed by atoms with Crippen LogP contribution in [0, 0.1) is 0 Å². The molecule has 0 aromatic heterocycles. The van der Waals surface area contributed by atoms with Crippen LogP contribution < -0.4 is 5.32 Å². The Morgan fingerprint density at radius 2 is 1.57 bits per heavy atom. The molecule has 0 aliphatic rings. The first-order chi connectivity index (χ1) is 10.2. The van der Waals surface area contributed by atoms with Crippen molar-refractivity contribution in [3.05, 3.63) is 70.8 Å². The molecule has 21 heavy (non-hydrogen) atoms. The molecule has 0 fully saturated rings. The van der Waals surface area contributed by atoms with Gasteiger partial charge in [0.15, 0.2) is 0 Å². The molecule has 0 saturated heterocycles. The second-order valence-electron chi connectivity index (χ2n) is 5.72. The van der Waals surface area contributed by atoms with Crippen LogP contribution in [0.15, 0.2) is 48.5 Å². The zero-order valence-electron chi connectivity index (χ0n) is 13.5. The van der Waals surface area contributed by atoms with Crippen LogP contribution >= 0.6 is 0 Å². The normalized spacial score (nSPS) is 12.3. The topological polar surface area (TPSA) is 12.0 Å². The summed E-state index contributed by atoms with van der Waals surface area (Å²) >= 11 is 0. The van der Waals surface area contributed by atoms with Crippen LogP contribution in [-0.4, -0.2) is 0 Å². The van der Waals surface area contributed by atoms with Gasteiger partial charge in [0.05, 0.1) is 0 Å². The van der Waals surface area contributed by atoms with Gasteiger partial charge in [0.1, 0.15) is 0 Å². The molecule has 1 atom stereocenters. The van der Waals surface area contributed by atoms with Crippen molar-refractivity contribution < 1.29 is 0 Å². The standard InChI is InChI=1S/C20H27N/c1-4-8-17-11-13-19(14-12-17)16(3)21-15-20-10-7-6-9-18(20)5-2/h6-7,9-14,16,21H,4-5,8,15H2,1-3H3. The van der Waals surface area contributed by atoms with Gasteiger partial charge in [-0.2, -0.15) is 0 Å². The summed E-state index contributed by atoms with van der Waals surface area (Å²) < 4.78 is 0. The van der Waals surface area contributed by atoms with Gasteiger partial charge in [-0.25, -0.2) is 0 Å². The Bertz CT molecular complexity index is 542. The molecule has 0 aliphatic heterocycles. The largest absolute Gasteiger partial charge is 0.306 e. The Labute approximate surface area is 129 Å². The van der Waals surface area contributed by atoms with Crippen molar-refractivity contribution in [2.75, 3.05) is 0 Å². The average molecular weight is 281 g/mol. The maximum atomic E-state index is 3.64. The van der Waals surface area contributed by atoms with Gasteiger partial charge in [0.25, 0.3) is 0 Å². The van der Waals surface area contributed by atoms with E-state index in [1.54, 1.807) is 0 Å². The summed E-state index contributed by atoms with van der Waals surface area (Å²) in [6.45, 7) is 7.61. The van der Waals surface area contributed by atoms with Crippen molar-refractivity contribution in [2.45, 2.75) is 52.6 Å². The second-order valence-corrected chi connectivity index (χ2v) is 5.72. The lowest BCUT2D eigenvalue weighted by atomic mass is 10.0. The van der Waals surface area contributed by atoms with Crippen LogP contribution in [0.3, 0.4) is 0 Å². The summed E-state index contributed by atoms with van der Waals surface area (Å²) in [5.41, 5.74) is 5.65. The highest BCUT2D eigenvalue weighted by molar-refractivity contribution is 5.28. The Morgan fingerprint density at radius 3 is 2.19 bits per heavy atom. The van der Waals surface area contributed by atoms with Gasteiger partial charge in [0, 0.05) is 12.6 Å². The fourth-order valence-corrected chi connectivity index (χ4v) is 2.72. The molecule has 0 radical (unpaired) electrons. The van der Waals surface area contributed by atoms with Crippen molar-refractivity contribution in [1.29, 1.82) is 0 Å². The lowest BCUT2D eigenvalue weighted by Crippen LogP contribution is -2.18. The number of benzene rings is 2. The molecule has 0 spiro atoms. The molecule has 2 aromatic rings. The summed E-state index contributed by atoms with van der Waals surface area (Å²) in [5, 5.41) is 3.64. The van der Waals surface area contributed by atoms with E-state index in [-0.39, 0.29) is 0 Å². The first-order valence-corrected chi connectivity index (χ1v) is 8.13. The first-order valence-electron chi connectivity index (χ1n) is 8.13. The second kappa shape index (κ2) is 7.99. The summed E-state index contributed by atoms with van der Waals surface area (Å²) in [6.07, 6.45) is 3.48. The number of nitrogens with one attached hydrogen (secondary N) is 1. The molecule has 0 amide bonds. The zero-order valence-corrected chi connectivity index (χ0v) is 13.5. The van der Waals surface area contributed by atoms with E-state index >= 15 is 0 Å². The third-order valence-corrected chi connectivity index (χ3v) is 4.12. The fraction of sp³-hybridized carbons (Fsp3) is 0.400. The summed E-state index contributed by atoms with van der Waals surface area (Å²) in [7, 11) is 0. The van der Waals surface area contributed by atoms with Gasteiger partial charge in [-0.1, -0.05) is 68.8 Å². The minimum absolute atomic E-state index is 0.380. The Morgan fingerprint density at radius 1 is 0.905 bits per heavy atom. The van der Waals surface area contributed by atoms with Crippen LogP contribution in [-0.2, 0) is 19.4 Å². The average Bonchev–Trinajstić information content (AvgIpc) is 2.54. The van der Waals surface area contributed by atoms with E-state index < -0.39 is 0 Å². The Kier molecular flexibility index (Phi) is 6.01. The number of rotatable bonds is 7. The first kappa shape index (κ1) is 15.8. The van der Waals surface area contributed by atoms with Gasteiger partial charge in [-0.3, -0.25) is 0 Å². The number of hydrogen-bond donors (Lipinski definition) is 1. The van der Waals surface area contributed by atoms with Gasteiger partial charge >= 0.3 is 0 Å². The third kappa shape index (κ3) is 4.44. The molecule has 112 valence electrons. The van der Waals surface area contributed by atoms with Crippen LogP contribution in [0.5, 0.6) is 0 Å². The molecule has 1 N–H and O–H groups in total.